The first kappa shape index (κ1) is 19.8. The molecule has 28 heavy (non-hydrogen) atoms. The van der Waals surface area contributed by atoms with Crippen LogP contribution in [0.25, 0.3) is 10.8 Å². The molecule has 6 heteroatoms. The number of hydrogen-bond donors (Lipinski definition) is 2. The lowest BCUT2D eigenvalue weighted by atomic mass is 10.0. The molecule has 1 atom stereocenters. The van der Waals surface area contributed by atoms with E-state index >= 15 is 0 Å². The number of rotatable bonds is 7. The fourth-order valence-corrected chi connectivity index (χ4v) is 3.67. The van der Waals surface area contributed by atoms with Crippen LogP contribution in [0.15, 0.2) is 59.4 Å². The van der Waals surface area contributed by atoms with Crippen LogP contribution in [0.2, 0.25) is 0 Å². The van der Waals surface area contributed by atoms with Crippen LogP contribution in [-0.2, 0) is 7.05 Å². The molecule has 1 aromatic heterocycles. The van der Waals surface area contributed by atoms with E-state index in [1.807, 2.05) is 24.3 Å². The minimum absolute atomic E-state index is 0.152. The summed E-state index contributed by atoms with van der Waals surface area (Å²) in [4.78, 5) is 26.6. The van der Waals surface area contributed by atoms with Crippen LogP contribution in [0.3, 0.4) is 0 Å². The Kier molecular flexibility index (Phi) is 6.21. The van der Waals surface area contributed by atoms with Crippen LogP contribution in [0.5, 0.6) is 0 Å². The van der Waals surface area contributed by atoms with Gasteiger partial charge in [-0.05, 0) is 19.9 Å². The molecule has 0 aliphatic heterocycles. The Hall–Kier alpha value is -2.99. The van der Waals surface area contributed by atoms with Gasteiger partial charge in [-0.3, -0.25) is 9.59 Å². The Balaban J connectivity index is 1.89. The molecular formula is C22H27N4O2+. The molecule has 1 amide bonds. The number of quaternary nitrogens is 1. The van der Waals surface area contributed by atoms with Crippen molar-refractivity contribution in [2.24, 2.45) is 7.05 Å². The third-order valence-corrected chi connectivity index (χ3v) is 5.24. The summed E-state index contributed by atoms with van der Waals surface area (Å²) in [5.41, 5.74) is 1.26. The maximum Gasteiger partial charge on any atom is 0.274 e. The van der Waals surface area contributed by atoms with E-state index < -0.39 is 0 Å². The number of likely N-dealkylation sites (N-methyl/N-ethyl adjacent to an activating group) is 1. The zero-order valence-corrected chi connectivity index (χ0v) is 16.6. The monoisotopic (exact) mass is 379 g/mol. The van der Waals surface area contributed by atoms with E-state index in [2.05, 4.69) is 36.4 Å². The van der Waals surface area contributed by atoms with Gasteiger partial charge in [-0.15, -0.1) is 0 Å². The summed E-state index contributed by atoms with van der Waals surface area (Å²) in [6, 6.07) is 17.5. The Morgan fingerprint density at radius 2 is 1.64 bits per heavy atom. The van der Waals surface area contributed by atoms with Crippen molar-refractivity contribution in [1.82, 2.24) is 15.1 Å². The van der Waals surface area contributed by atoms with Crippen molar-refractivity contribution in [1.29, 1.82) is 0 Å². The zero-order chi connectivity index (χ0) is 20.1. The SMILES string of the molecule is CC[NH+](CC)[C@H](CNC(=O)c1nn(C)c(=O)c2ccccc12)c1ccccc1. The van der Waals surface area contributed by atoms with Gasteiger partial charge in [0.05, 0.1) is 25.0 Å². The predicted molar refractivity (Wildman–Crippen MR) is 111 cm³/mol. The largest absolute Gasteiger partial charge is 0.344 e. The third kappa shape index (κ3) is 3.97. The number of hydrogen-bond acceptors (Lipinski definition) is 3. The second-order valence-corrected chi connectivity index (χ2v) is 6.86. The lowest BCUT2D eigenvalue weighted by Gasteiger charge is -2.27. The Morgan fingerprint density at radius 3 is 2.29 bits per heavy atom. The fourth-order valence-electron chi connectivity index (χ4n) is 3.67. The summed E-state index contributed by atoms with van der Waals surface area (Å²) in [6.45, 7) is 6.73. The van der Waals surface area contributed by atoms with Crippen LogP contribution in [-0.4, -0.2) is 35.3 Å². The molecule has 3 aromatic rings. The number of nitrogens with zero attached hydrogens (tertiary/aromatic N) is 2. The number of benzene rings is 2. The summed E-state index contributed by atoms with van der Waals surface area (Å²) in [5.74, 6) is -0.265. The maximum atomic E-state index is 13.0. The van der Waals surface area contributed by atoms with Gasteiger partial charge in [0.1, 0.15) is 6.04 Å². The molecule has 0 bridgehead atoms. The van der Waals surface area contributed by atoms with Crippen LogP contribution >= 0.6 is 0 Å². The van der Waals surface area contributed by atoms with E-state index in [1.54, 1.807) is 25.2 Å². The van der Waals surface area contributed by atoms with Crippen molar-refractivity contribution in [2.75, 3.05) is 19.6 Å². The van der Waals surface area contributed by atoms with E-state index in [0.717, 1.165) is 13.1 Å². The molecule has 1 heterocycles. The summed E-state index contributed by atoms with van der Waals surface area (Å²) in [6.07, 6.45) is 0. The zero-order valence-electron chi connectivity index (χ0n) is 16.6. The average Bonchev–Trinajstić information content (AvgIpc) is 2.74. The van der Waals surface area contributed by atoms with Crippen LogP contribution < -0.4 is 15.8 Å². The lowest BCUT2D eigenvalue weighted by molar-refractivity contribution is -0.927. The number of nitrogens with one attached hydrogen (secondary N) is 2. The van der Waals surface area contributed by atoms with Crippen molar-refractivity contribution in [3.8, 4) is 0 Å². The Labute approximate surface area is 164 Å². The Morgan fingerprint density at radius 1 is 1.04 bits per heavy atom. The highest BCUT2D eigenvalue weighted by Crippen LogP contribution is 2.14. The van der Waals surface area contributed by atoms with Crippen LogP contribution in [0.1, 0.15) is 35.9 Å². The average molecular weight is 379 g/mol. The highest BCUT2D eigenvalue weighted by Gasteiger charge is 2.23. The second-order valence-electron chi connectivity index (χ2n) is 6.86. The molecule has 0 spiro atoms. The van der Waals surface area contributed by atoms with Crippen molar-refractivity contribution in [3.05, 3.63) is 76.2 Å². The van der Waals surface area contributed by atoms with E-state index in [9.17, 15) is 9.59 Å². The molecule has 2 aromatic carbocycles. The van der Waals surface area contributed by atoms with Crippen molar-refractivity contribution in [3.63, 3.8) is 0 Å². The van der Waals surface area contributed by atoms with Crippen molar-refractivity contribution < 1.29 is 9.69 Å². The molecular weight excluding hydrogens is 352 g/mol. The molecule has 3 rings (SSSR count). The van der Waals surface area contributed by atoms with Gasteiger partial charge in [-0.1, -0.05) is 48.5 Å². The van der Waals surface area contributed by atoms with E-state index in [-0.39, 0.29) is 23.2 Å². The molecule has 0 fully saturated rings. The number of carbonyl (C=O) groups excluding carboxylic acids is 1. The normalized spacial score (nSPS) is 12.3. The topological polar surface area (TPSA) is 68.4 Å². The third-order valence-electron chi connectivity index (χ3n) is 5.24. The van der Waals surface area contributed by atoms with Gasteiger partial charge in [0.15, 0.2) is 5.69 Å². The van der Waals surface area contributed by atoms with Gasteiger partial charge >= 0.3 is 0 Å². The first-order valence-electron chi connectivity index (χ1n) is 9.70. The standard InChI is InChI=1S/C22H26N4O2/c1-4-26(5-2)19(16-11-7-6-8-12-16)15-23-21(27)20-17-13-9-10-14-18(17)22(28)25(3)24-20/h6-14,19H,4-5,15H2,1-3H3,(H,23,27)/p+1/t19-/m1/s1. The van der Waals surface area contributed by atoms with Crippen molar-refractivity contribution >= 4 is 16.7 Å². The first-order chi connectivity index (χ1) is 13.6. The quantitative estimate of drug-likeness (QED) is 0.651. The summed E-state index contributed by atoms with van der Waals surface area (Å²) >= 11 is 0. The smallest absolute Gasteiger partial charge is 0.274 e. The molecule has 0 saturated heterocycles. The maximum absolute atomic E-state index is 13.0. The van der Waals surface area contributed by atoms with Gasteiger partial charge in [-0.25, -0.2) is 4.68 Å². The second kappa shape index (κ2) is 8.80. The van der Waals surface area contributed by atoms with Crippen molar-refractivity contribution in [2.45, 2.75) is 19.9 Å². The predicted octanol–water partition coefficient (Wildman–Crippen LogP) is 1.33. The van der Waals surface area contributed by atoms with E-state index in [4.69, 9.17) is 0 Å². The number of carbonyl (C=O) groups is 1. The number of aromatic nitrogens is 2. The number of aryl methyl sites for hydroxylation is 1. The summed E-state index contributed by atoms with van der Waals surface area (Å²) < 4.78 is 1.22. The molecule has 2 N–H and O–H groups in total. The van der Waals surface area contributed by atoms with Gasteiger partial charge in [0.25, 0.3) is 11.5 Å². The molecule has 6 nitrogen and oxygen atoms in total. The Bertz CT molecular complexity index is 1010. The summed E-state index contributed by atoms with van der Waals surface area (Å²) in [5, 5.41) is 8.35. The van der Waals surface area contributed by atoms with Gasteiger partial charge in [-0.2, -0.15) is 5.10 Å². The van der Waals surface area contributed by atoms with Crippen LogP contribution in [0.4, 0.5) is 0 Å². The molecule has 0 saturated carbocycles. The molecule has 146 valence electrons. The highest BCUT2D eigenvalue weighted by molar-refractivity contribution is 6.04. The minimum Gasteiger partial charge on any atom is -0.344 e. The molecule has 0 aliphatic rings. The fraction of sp³-hybridized carbons (Fsp3) is 0.318. The van der Waals surface area contributed by atoms with E-state index in [1.165, 1.54) is 15.1 Å². The van der Waals surface area contributed by atoms with E-state index in [0.29, 0.717) is 17.3 Å². The first-order valence-corrected chi connectivity index (χ1v) is 9.70. The number of fused-ring (bicyclic) bond motifs is 1. The lowest BCUT2D eigenvalue weighted by Crippen LogP contribution is -3.12. The molecule has 0 radical (unpaired) electrons. The summed E-state index contributed by atoms with van der Waals surface area (Å²) in [7, 11) is 1.57. The number of amides is 1. The van der Waals surface area contributed by atoms with Gasteiger partial charge in [0.2, 0.25) is 0 Å². The minimum atomic E-state index is -0.265. The van der Waals surface area contributed by atoms with Gasteiger partial charge < -0.3 is 10.2 Å². The van der Waals surface area contributed by atoms with Crippen LogP contribution in [0, 0.1) is 0 Å². The van der Waals surface area contributed by atoms with Gasteiger partial charge in [0, 0.05) is 18.0 Å². The molecule has 0 aliphatic carbocycles. The highest BCUT2D eigenvalue weighted by atomic mass is 16.2. The molecule has 0 unspecified atom stereocenters.